The van der Waals surface area contributed by atoms with Crippen LogP contribution in [0.5, 0.6) is 23.0 Å². The van der Waals surface area contributed by atoms with Crippen LogP contribution in [0.1, 0.15) is 60.2 Å². The van der Waals surface area contributed by atoms with Crippen molar-refractivity contribution in [3.8, 4) is 34.1 Å². The number of ketones is 2. The number of aliphatic hydroxyl groups is 2. The number of benzene rings is 2. The van der Waals surface area contributed by atoms with Crippen molar-refractivity contribution < 1.29 is 58.6 Å². The number of esters is 2. The van der Waals surface area contributed by atoms with Crippen LogP contribution in [-0.4, -0.2) is 80.6 Å². The molecule has 42 heavy (non-hydrogen) atoms. The predicted molar refractivity (Wildman–Crippen MR) is 141 cm³/mol. The molecule has 4 aliphatic heterocycles. The van der Waals surface area contributed by atoms with Crippen molar-refractivity contribution in [3.05, 3.63) is 35.4 Å². The van der Waals surface area contributed by atoms with E-state index in [-0.39, 0.29) is 77.0 Å². The molecule has 2 aromatic carbocycles. The highest BCUT2D eigenvalue weighted by atomic mass is 16.6. The van der Waals surface area contributed by atoms with Gasteiger partial charge in [-0.3, -0.25) is 19.2 Å². The minimum atomic E-state index is -1.64. The van der Waals surface area contributed by atoms with E-state index in [1.165, 1.54) is 24.3 Å². The van der Waals surface area contributed by atoms with Gasteiger partial charge in [-0.05, 0) is 24.3 Å². The predicted octanol–water partition coefficient (Wildman–Crippen LogP) is 2.06. The van der Waals surface area contributed by atoms with Gasteiger partial charge in [0.1, 0.15) is 46.3 Å². The molecule has 0 bridgehead atoms. The Kier molecular flexibility index (Phi) is 6.46. The van der Waals surface area contributed by atoms with E-state index in [9.17, 15) is 39.6 Å². The highest BCUT2D eigenvalue weighted by Crippen LogP contribution is 2.52. The van der Waals surface area contributed by atoms with Crippen molar-refractivity contribution in [2.75, 3.05) is 13.2 Å². The molecule has 0 aromatic heterocycles. The first-order valence-electron chi connectivity index (χ1n) is 13.7. The van der Waals surface area contributed by atoms with Gasteiger partial charge < -0.3 is 39.4 Å². The summed E-state index contributed by atoms with van der Waals surface area (Å²) in [5.41, 5.74) is -3.33. The molecule has 0 amide bonds. The lowest BCUT2D eigenvalue weighted by Crippen LogP contribution is -2.56. The largest absolute Gasteiger partial charge is 0.507 e. The summed E-state index contributed by atoms with van der Waals surface area (Å²) < 4.78 is 23.2. The summed E-state index contributed by atoms with van der Waals surface area (Å²) >= 11 is 0. The molecule has 4 aliphatic rings. The maximum absolute atomic E-state index is 13.5. The van der Waals surface area contributed by atoms with E-state index in [1.807, 2.05) is 0 Å². The SMILES string of the molecule is C[C@H]1CC(=O)O[C@@H]1[C@@]1(CO)CC(=O)c2c(ccc(-c3ccc(O)c4c3O[C@](CO)([C@H]3OC(=O)C[C@@H]3C)CC4=O)c2O)O1. The van der Waals surface area contributed by atoms with Crippen LogP contribution in [0, 0.1) is 11.8 Å². The molecular formula is C30H30O12. The lowest BCUT2D eigenvalue weighted by molar-refractivity contribution is -0.156. The standard InChI is InChI=1S/C30H30O12/c1-13-7-21(36)39-27(13)29(11-31)10-19(35)24-20(41-29)6-4-15(25(24)38)16-3-5-17(33)23-18(34)9-30(12-32,42-26(16)23)28-14(2)8-22(37)40-28/h3-6,13-14,27-28,31-33,38H,7-12H2,1-2H3/t13-,14-,27-,28-,29-,30+/m0/s1. The van der Waals surface area contributed by atoms with Crippen LogP contribution in [-0.2, 0) is 19.1 Å². The molecule has 6 rings (SSSR count). The van der Waals surface area contributed by atoms with Gasteiger partial charge in [-0.25, -0.2) is 0 Å². The summed E-state index contributed by atoms with van der Waals surface area (Å²) in [5, 5.41) is 42.7. The van der Waals surface area contributed by atoms with E-state index in [4.69, 9.17) is 18.9 Å². The average molecular weight is 583 g/mol. The number of cyclic esters (lactones) is 2. The number of hydrogen-bond acceptors (Lipinski definition) is 12. The van der Waals surface area contributed by atoms with Gasteiger partial charge in [0.15, 0.2) is 22.8 Å². The van der Waals surface area contributed by atoms with Gasteiger partial charge in [-0.2, -0.15) is 0 Å². The van der Waals surface area contributed by atoms with E-state index in [0.717, 1.165) is 0 Å². The number of Topliss-reactive ketones (excluding diaryl/α,β-unsaturated/α-hetero) is 2. The molecular weight excluding hydrogens is 552 g/mol. The fourth-order valence-electron chi connectivity index (χ4n) is 6.80. The van der Waals surface area contributed by atoms with Gasteiger partial charge in [0.25, 0.3) is 0 Å². The maximum atomic E-state index is 13.5. The second-order valence-corrected chi connectivity index (χ2v) is 11.7. The van der Waals surface area contributed by atoms with Gasteiger partial charge in [-0.1, -0.05) is 13.8 Å². The number of rotatable bonds is 5. The van der Waals surface area contributed by atoms with Crippen LogP contribution in [0.25, 0.3) is 11.1 Å². The van der Waals surface area contributed by atoms with Crippen LogP contribution in [0.4, 0.5) is 0 Å². The van der Waals surface area contributed by atoms with Crippen LogP contribution in [0.2, 0.25) is 0 Å². The lowest BCUT2D eigenvalue weighted by atomic mass is 9.79. The van der Waals surface area contributed by atoms with Crippen molar-refractivity contribution in [2.45, 2.75) is 62.9 Å². The smallest absolute Gasteiger partial charge is 0.306 e. The van der Waals surface area contributed by atoms with Gasteiger partial charge >= 0.3 is 11.9 Å². The third-order valence-electron chi connectivity index (χ3n) is 8.76. The first-order chi connectivity index (χ1) is 19.9. The Hall–Kier alpha value is -4.16. The molecule has 0 aliphatic carbocycles. The van der Waals surface area contributed by atoms with Gasteiger partial charge in [0, 0.05) is 23.0 Å². The second kappa shape index (κ2) is 9.70. The Labute approximate surface area is 239 Å². The Morgan fingerprint density at radius 3 is 1.79 bits per heavy atom. The average Bonchev–Trinajstić information content (AvgIpc) is 3.48. The minimum absolute atomic E-state index is 0.0299. The summed E-state index contributed by atoms with van der Waals surface area (Å²) in [4.78, 5) is 50.8. The van der Waals surface area contributed by atoms with Crippen molar-refractivity contribution in [2.24, 2.45) is 11.8 Å². The van der Waals surface area contributed by atoms with Gasteiger partial charge in [-0.15, -0.1) is 0 Å². The Bertz CT molecular complexity index is 1530. The first-order valence-corrected chi connectivity index (χ1v) is 13.7. The Morgan fingerprint density at radius 2 is 1.26 bits per heavy atom. The molecule has 6 atom stereocenters. The summed E-state index contributed by atoms with van der Waals surface area (Å²) in [7, 11) is 0. The van der Waals surface area contributed by atoms with Gasteiger partial charge in [0.05, 0.1) is 38.9 Å². The topological polar surface area (TPSA) is 186 Å². The number of aliphatic hydroxyl groups excluding tert-OH is 2. The zero-order valence-electron chi connectivity index (χ0n) is 22.9. The fraction of sp³-hybridized carbons (Fsp3) is 0.467. The highest BCUT2D eigenvalue weighted by molar-refractivity contribution is 6.08. The summed E-state index contributed by atoms with van der Waals surface area (Å²) in [6, 6.07) is 5.49. The maximum Gasteiger partial charge on any atom is 0.306 e. The van der Waals surface area contributed by atoms with Crippen LogP contribution >= 0.6 is 0 Å². The number of hydrogen-bond donors (Lipinski definition) is 4. The van der Waals surface area contributed by atoms with Crippen LogP contribution in [0.15, 0.2) is 24.3 Å². The molecule has 4 heterocycles. The van der Waals surface area contributed by atoms with Crippen molar-refractivity contribution >= 4 is 23.5 Å². The third-order valence-corrected chi connectivity index (χ3v) is 8.76. The molecule has 0 radical (unpaired) electrons. The fourth-order valence-corrected chi connectivity index (χ4v) is 6.80. The minimum Gasteiger partial charge on any atom is -0.507 e. The number of phenolic OH excluding ortho intramolecular Hbond substituents is 2. The number of aromatic hydroxyl groups is 2. The molecule has 222 valence electrons. The monoisotopic (exact) mass is 582 g/mol. The molecule has 2 fully saturated rings. The molecule has 0 saturated carbocycles. The Balaban J connectivity index is 1.44. The lowest BCUT2D eigenvalue weighted by Gasteiger charge is -2.42. The normalized spacial score (nSPS) is 32.0. The number of carbonyl (C=O) groups excluding carboxylic acids is 4. The summed E-state index contributed by atoms with van der Waals surface area (Å²) in [6.45, 7) is 2.20. The van der Waals surface area contributed by atoms with Crippen molar-refractivity contribution in [3.63, 3.8) is 0 Å². The van der Waals surface area contributed by atoms with E-state index >= 15 is 0 Å². The zero-order valence-corrected chi connectivity index (χ0v) is 22.9. The van der Waals surface area contributed by atoms with E-state index in [1.54, 1.807) is 13.8 Å². The first kappa shape index (κ1) is 28.0. The number of ether oxygens (including phenoxy) is 4. The molecule has 2 saturated heterocycles. The zero-order chi connectivity index (χ0) is 30.1. The van der Waals surface area contributed by atoms with Crippen LogP contribution < -0.4 is 9.47 Å². The summed E-state index contributed by atoms with van der Waals surface area (Å²) in [5.74, 6) is -3.84. The molecule has 0 unspecified atom stereocenters. The van der Waals surface area contributed by atoms with Crippen LogP contribution in [0.3, 0.4) is 0 Å². The molecule has 12 nitrogen and oxygen atoms in total. The molecule has 12 heteroatoms. The summed E-state index contributed by atoms with van der Waals surface area (Å²) in [6.07, 6.45) is -2.39. The van der Waals surface area contributed by atoms with E-state index in [2.05, 4.69) is 0 Å². The molecule has 0 spiro atoms. The van der Waals surface area contributed by atoms with Crippen molar-refractivity contribution in [1.29, 1.82) is 0 Å². The molecule has 2 aromatic rings. The van der Waals surface area contributed by atoms with E-state index < -0.39 is 65.9 Å². The van der Waals surface area contributed by atoms with Gasteiger partial charge in [0.2, 0.25) is 0 Å². The number of carbonyl (C=O) groups is 4. The quantitative estimate of drug-likeness (QED) is 0.377. The molecule has 4 N–H and O–H groups in total. The highest BCUT2D eigenvalue weighted by Gasteiger charge is 2.56. The number of fused-ring (bicyclic) bond motifs is 2. The van der Waals surface area contributed by atoms with E-state index in [0.29, 0.717) is 0 Å². The third kappa shape index (κ3) is 4.03. The Morgan fingerprint density at radius 1 is 0.738 bits per heavy atom. The second-order valence-electron chi connectivity index (χ2n) is 11.7. The van der Waals surface area contributed by atoms with Crippen molar-refractivity contribution in [1.82, 2.24) is 0 Å². The number of phenols is 2.